The van der Waals surface area contributed by atoms with Gasteiger partial charge < -0.3 is 5.32 Å². The summed E-state index contributed by atoms with van der Waals surface area (Å²) in [5.74, 6) is 1.01. The standard InChI is InChI=1S/C17H22N4O/c1-3-12(2)17(22)20-14-7-6-8-15-13(14)11-19-21(15)16-9-4-5-10-18-16/h4-5,9-12,14H,3,6-8H2,1-2H3,(H,20,22)/t12-,14-/m1/s1. The monoisotopic (exact) mass is 298 g/mol. The second-order valence-electron chi connectivity index (χ2n) is 5.91. The Bertz CT molecular complexity index is 650. The highest BCUT2D eigenvalue weighted by molar-refractivity contribution is 5.78. The molecule has 0 aromatic carbocycles. The lowest BCUT2D eigenvalue weighted by Gasteiger charge is -2.25. The molecule has 0 spiro atoms. The van der Waals surface area contributed by atoms with Crippen molar-refractivity contribution < 1.29 is 4.79 Å². The van der Waals surface area contributed by atoms with Gasteiger partial charge in [0, 0.05) is 17.7 Å². The molecule has 2 heterocycles. The van der Waals surface area contributed by atoms with Gasteiger partial charge in [-0.2, -0.15) is 5.10 Å². The molecule has 1 aliphatic carbocycles. The van der Waals surface area contributed by atoms with Crippen molar-refractivity contribution in [3.05, 3.63) is 41.9 Å². The molecule has 0 radical (unpaired) electrons. The number of fused-ring (bicyclic) bond motifs is 1. The van der Waals surface area contributed by atoms with Crippen molar-refractivity contribution in [3.8, 4) is 5.82 Å². The van der Waals surface area contributed by atoms with Crippen molar-refractivity contribution >= 4 is 5.91 Å². The first-order valence-electron chi connectivity index (χ1n) is 7.99. The van der Waals surface area contributed by atoms with Crippen LogP contribution in [0.3, 0.4) is 0 Å². The lowest BCUT2D eigenvalue weighted by Crippen LogP contribution is -2.34. The molecule has 22 heavy (non-hydrogen) atoms. The quantitative estimate of drug-likeness (QED) is 0.944. The SMILES string of the molecule is CC[C@@H](C)C(=O)N[C@@H]1CCCc2c1cnn2-c1ccccn1. The van der Waals surface area contributed by atoms with Gasteiger partial charge in [-0.25, -0.2) is 9.67 Å². The number of carbonyl (C=O) groups is 1. The number of hydrogen-bond acceptors (Lipinski definition) is 3. The van der Waals surface area contributed by atoms with Gasteiger partial charge in [0.25, 0.3) is 0 Å². The molecule has 2 atom stereocenters. The van der Waals surface area contributed by atoms with Crippen molar-refractivity contribution in [2.24, 2.45) is 5.92 Å². The molecular weight excluding hydrogens is 276 g/mol. The van der Waals surface area contributed by atoms with E-state index < -0.39 is 0 Å². The summed E-state index contributed by atoms with van der Waals surface area (Å²) in [6.07, 6.45) is 7.51. The van der Waals surface area contributed by atoms with E-state index in [-0.39, 0.29) is 17.9 Å². The van der Waals surface area contributed by atoms with Gasteiger partial charge >= 0.3 is 0 Å². The van der Waals surface area contributed by atoms with Crippen molar-refractivity contribution in [3.63, 3.8) is 0 Å². The van der Waals surface area contributed by atoms with Gasteiger partial charge in [-0.15, -0.1) is 0 Å². The second-order valence-corrected chi connectivity index (χ2v) is 5.91. The minimum atomic E-state index is 0.0520. The van der Waals surface area contributed by atoms with E-state index in [0.29, 0.717) is 0 Å². The normalized spacial score (nSPS) is 18.5. The summed E-state index contributed by atoms with van der Waals surface area (Å²) in [6.45, 7) is 4.01. The van der Waals surface area contributed by atoms with Crippen molar-refractivity contribution in [2.75, 3.05) is 0 Å². The molecule has 0 saturated carbocycles. The molecule has 0 fully saturated rings. The van der Waals surface area contributed by atoms with Crippen LogP contribution < -0.4 is 5.32 Å². The fraction of sp³-hybridized carbons (Fsp3) is 0.471. The predicted molar refractivity (Wildman–Crippen MR) is 84.6 cm³/mol. The maximum Gasteiger partial charge on any atom is 0.223 e. The summed E-state index contributed by atoms with van der Waals surface area (Å²) >= 11 is 0. The number of nitrogens with one attached hydrogen (secondary N) is 1. The van der Waals surface area contributed by atoms with E-state index >= 15 is 0 Å². The number of hydrogen-bond donors (Lipinski definition) is 1. The van der Waals surface area contributed by atoms with Crippen molar-refractivity contribution in [2.45, 2.75) is 45.6 Å². The molecule has 1 aliphatic rings. The maximum atomic E-state index is 12.2. The molecule has 0 bridgehead atoms. The summed E-state index contributed by atoms with van der Waals surface area (Å²) in [5, 5.41) is 7.67. The molecule has 3 rings (SSSR count). The number of nitrogens with zero attached hydrogens (tertiary/aromatic N) is 3. The fourth-order valence-electron chi connectivity index (χ4n) is 2.88. The zero-order chi connectivity index (χ0) is 15.5. The van der Waals surface area contributed by atoms with Crippen LogP contribution in [-0.4, -0.2) is 20.7 Å². The predicted octanol–water partition coefficient (Wildman–Crippen LogP) is 2.81. The molecule has 0 saturated heterocycles. The van der Waals surface area contributed by atoms with Crippen LogP contribution in [-0.2, 0) is 11.2 Å². The first-order chi connectivity index (χ1) is 10.7. The highest BCUT2D eigenvalue weighted by Crippen LogP contribution is 2.31. The maximum absolute atomic E-state index is 12.2. The molecule has 5 nitrogen and oxygen atoms in total. The molecule has 0 aliphatic heterocycles. The van der Waals surface area contributed by atoms with Crippen LogP contribution in [0.4, 0.5) is 0 Å². The number of pyridine rings is 1. The van der Waals surface area contributed by atoms with E-state index in [4.69, 9.17) is 0 Å². The summed E-state index contributed by atoms with van der Waals surface area (Å²) in [4.78, 5) is 16.5. The molecule has 1 N–H and O–H groups in total. The molecule has 116 valence electrons. The Morgan fingerprint density at radius 2 is 2.36 bits per heavy atom. The Kier molecular flexibility index (Phi) is 4.22. The Morgan fingerprint density at radius 3 is 3.09 bits per heavy atom. The largest absolute Gasteiger partial charge is 0.349 e. The van der Waals surface area contributed by atoms with Crippen LogP contribution in [0.15, 0.2) is 30.6 Å². The number of amides is 1. The molecule has 2 aromatic rings. The van der Waals surface area contributed by atoms with E-state index in [1.807, 2.05) is 42.9 Å². The average molecular weight is 298 g/mol. The van der Waals surface area contributed by atoms with E-state index in [9.17, 15) is 4.79 Å². The van der Waals surface area contributed by atoms with E-state index in [1.165, 1.54) is 5.69 Å². The number of rotatable bonds is 4. The van der Waals surface area contributed by atoms with Crippen LogP contribution in [0.2, 0.25) is 0 Å². The second kappa shape index (κ2) is 6.30. The van der Waals surface area contributed by atoms with Crippen LogP contribution in [0, 0.1) is 5.92 Å². The topological polar surface area (TPSA) is 59.8 Å². The molecular formula is C17H22N4O. The van der Waals surface area contributed by atoms with Crippen molar-refractivity contribution in [1.29, 1.82) is 0 Å². The third-order valence-electron chi connectivity index (χ3n) is 4.43. The van der Waals surface area contributed by atoms with Crippen LogP contribution >= 0.6 is 0 Å². The van der Waals surface area contributed by atoms with Gasteiger partial charge in [0.15, 0.2) is 5.82 Å². The first-order valence-corrected chi connectivity index (χ1v) is 7.99. The lowest BCUT2D eigenvalue weighted by atomic mass is 9.92. The summed E-state index contributed by atoms with van der Waals surface area (Å²) < 4.78 is 1.90. The Morgan fingerprint density at radius 1 is 1.50 bits per heavy atom. The Labute approximate surface area is 130 Å². The molecule has 5 heteroatoms. The number of carbonyl (C=O) groups excluding carboxylic acids is 1. The third-order valence-corrected chi connectivity index (χ3v) is 4.43. The van der Waals surface area contributed by atoms with Gasteiger partial charge in [-0.1, -0.05) is 19.9 Å². The highest BCUT2D eigenvalue weighted by atomic mass is 16.1. The lowest BCUT2D eigenvalue weighted by molar-refractivity contribution is -0.125. The van der Waals surface area contributed by atoms with Gasteiger partial charge in [0.1, 0.15) is 0 Å². The van der Waals surface area contributed by atoms with Gasteiger partial charge in [-0.3, -0.25) is 4.79 Å². The highest BCUT2D eigenvalue weighted by Gasteiger charge is 2.27. The Balaban J connectivity index is 1.86. The fourth-order valence-corrected chi connectivity index (χ4v) is 2.88. The first kappa shape index (κ1) is 14.8. The van der Waals surface area contributed by atoms with Crippen LogP contribution in [0.25, 0.3) is 5.82 Å². The summed E-state index contributed by atoms with van der Waals surface area (Å²) in [6, 6.07) is 5.88. The van der Waals surface area contributed by atoms with Crippen LogP contribution in [0.5, 0.6) is 0 Å². The van der Waals surface area contributed by atoms with E-state index in [1.54, 1.807) is 6.20 Å². The minimum absolute atomic E-state index is 0.0520. The summed E-state index contributed by atoms with van der Waals surface area (Å²) in [7, 11) is 0. The van der Waals surface area contributed by atoms with E-state index in [2.05, 4.69) is 15.4 Å². The van der Waals surface area contributed by atoms with E-state index in [0.717, 1.165) is 37.1 Å². The van der Waals surface area contributed by atoms with Crippen LogP contribution in [0.1, 0.15) is 50.4 Å². The molecule has 1 amide bonds. The number of aromatic nitrogens is 3. The molecule has 2 aromatic heterocycles. The smallest absolute Gasteiger partial charge is 0.223 e. The average Bonchev–Trinajstić information content (AvgIpc) is 3.00. The molecule has 0 unspecified atom stereocenters. The van der Waals surface area contributed by atoms with Gasteiger partial charge in [0.2, 0.25) is 5.91 Å². The third kappa shape index (κ3) is 2.75. The van der Waals surface area contributed by atoms with Crippen molar-refractivity contribution in [1.82, 2.24) is 20.1 Å². The minimum Gasteiger partial charge on any atom is -0.349 e. The Hall–Kier alpha value is -2.17. The zero-order valence-corrected chi connectivity index (χ0v) is 13.1. The summed E-state index contributed by atoms with van der Waals surface area (Å²) in [5.41, 5.74) is 2.30. The zero-order valence-electron chi connectivity index (χ0n) is 13.1. The van der Waals surface area contributed by atoms with Gasteiger partial charge in [0.05, 0.1) is 17.9 Å². The van der Waals surface area contributed by atoms with Gasteiger partial charge in [-0.05, 0) is 37.8 Å².